The fraction of sp³-hybridized carbons (Fsp3) is 0.421. The zero-order valence-corrected chi connectivity index (χ0v) is 28.4. The minimum absolute atomic E-state index is 0.0921. The second-order valence-electron chi connectivity index (χ2n) is 12.8. The van der Waals surface area contributed by atoms with E-state index in [0.29, 0.717) is 41.9 Å². The molecule has 2 saturated heterocycles. The Balaban J connectivity index is 1.13. The summed E-state index contributed by atoms with van der Waals surface area (Å²) in [5.74, 6) is 1.90. The molecule has 48 heavy (non-hydrogen) atoms. The number of allylic oxidation sites excluding steroid dienone is 2. The van der Waals surface area contributed by atoms with Crippen LogP contribution in [0.4, 0.5) is 10.3 Å². The van der Waals surface area contributed by atoms with Gasteiger partial charge in [-0.25, -0.2) is 9.37 Å². The van der Waals surface area contributed by atoms with E-state index in [1.165, 1.54) is 12.1 Å². The minimum Gasteiger partial charge on any atom is -0.493 e. The topological polar surface area (TPSA) is 81.1 Å². The van der Waals surface area contributed by atoms with Crippen molar-refractivity contribution in [2.75, 3.05) is 59.4 Å². The molecule has 4 aromatic rings. The van der Waals surface area contributed by atoms with Crippen molar-refractivity contribution < 1.29 is 23.4 Å². The molecule has 254 valence electrons. The highest BCUT2D eigenvalue weighted by molar-refractivity contribution is 5.96. The van der Waals surface area contributed by atoms with Gasteiger partial charge in [-0.05, 0) is 81.1 Å². The molecule has 1 amide bonds. The van der Waals surface area contributed by atoms with Gasteiger partial charge in [0.25, 0.3) is 5.91 Å². The molecule has 2 aliphatic heterocycles. The van der Waals surface area contributed by atoms with Crippen LogP contribution >= 0.6 is 0 Å². The first-order chi connectivity index (χ1) is 23.4. The molecule has 0 saturated carbocycles. The minimum atomic E-state index is -0.281. The summed E-state index contributed by atoms with van der Waals surface area (Å²) in [4.78, 5) is 23.2. The second kappa shape index (κ2) is 14.7. The third kappa shape index (κ3) is 6.85. The summed E-state index contributed by atoms with van der Waals surface area (Å²) in [7, 11) is 4.63. The molecule has 2 aliphatic rings. The van der Waals surface area contributed by atoms with Crippen LogP contribution in [0.25, 0.3) is 11.0 Å². The number of carbonyl (C=O) groups excluding carboxylic acids is 1. The number of hydrogen-bond acceptors (Lipinski definition) is 7. The molecule has 0 radical (unpaired) electrons. The number of benzene rings is 3. The van der Waals surface area contributed by atoms with Gasteiger partial charge in [-0.1, -0.05) is 36.4 Å². The normalized spacial score (nSPS) is 18.9. The van der Waals surface area contributed by atoms with Gasteiger partial charge < -0.3 is 33.9 Å². The van der Waals surface area contributed by atoms with Crippen molar-refractivity contribution in [2.24, 2.45) is 0 Å². The SMILES string of the molecule is CC=CCn1c(NC2CCN(CCC3(c4ccc(F)cc4)CCN(C(=O)c4cc(OC)c(OC)c(OC)c4)C3)CC2)nc2ccccc21. The predicted molar refractivity (Wildman–Crippen MR) is 187 cm³/mol. The number of rotatable bonds is 12. The first kappa shape index (κ1) is 33.3. The van der Waals surface area contributed by atoms with Crippen LogP contribution in [0.5, 0.6) is 17.2 Å². The molecule has 1 atom stereocenters. The fourth-order valence-electron chi connectivity index (χ4n) is 7.26. The van der Waals surface area contributed by atoms with Crippen LogP contribution in [-0.2, 0) is 12.0 Å². The molecule has 3 aromatic carbocycles. The number of methoxy groups -OCH3 is 3. The number of fused-ring (bicyclic) bond motifs is 1. The van der Waals surface area contributed by atoms with E-state index < -0.39 is 0 Å². The number of para-hydroxylation sites is 2. The van der Waals surface area contributed by atoms with Crippen molar-refractivity contribution in [3.05, 3.63) is 89.8 Å². The standard InChI is InChI=1S/C38H46FN5O4/c1-5-6-19-44-32-10-8-7-9-31(32)41-37(44)40-30-15-20-42(21-16-30)22-17-38(28-11-13-29(39)14-12-28)18-23-43(26-38)36(45)27-24-33(46-2)35(48-4)34(25-27)47-3/h5-14,24-25,30H,15-23,26H2,1-4H3,(H,40,41). The Morgan fingerprint density at radius 3 is 2.38 bits per heavy atom. The van der Waals surface area contributed by atoms with Crippen molar-refractivity contribution in [2.45, 2.75) is 50.6 Å². The average molecular weight is 656 g/mol. The van der Waals surface area contributed by atoms with Crippen LogP contribution in [-0.4, -0.2) is 85.4 Å². The number of ether oxygens (including phenoxy) is 3. The van der Waals surface area contributed by atoms with Crippen molar-refractivity contribution in [1.29, 1.82) is 0 Å². The Kier molecular flexibility index (Phi) is 10.2. The first-order valence-electron chi connectivity index (χ1n) is 16.8. The number of aromatic nitrogens is 2. The predicted octanol–water partition coefficient (Wildman–Crippen LogP) is 6.53. The second-order valence-corrected chi connectivity index (χ2v) is 12.8. The summed E-state index contributed by atoms with van der Waals surface area (Å²) in [5, 5.41) is 3.75. The highest BCUT2D eigenvalue weighted by Crippen LogP contribution is 2.41. The summed E-state index contributed by atoms with van der Waals surface area (Å²) in [6.45, 7) is 6.82. The summed E-state index contributed by atoms with van der Waals surface area (Å²) in [5.41, 5.74) is 3.41. The molecule has 2 fully saturated rings. The number of nitrogens with one attached hydrogen (secondary N) is 1. The van der Waals surface area contributed by atoms with Gasteiger partial charge in [0.1, 0.15) is 5.82 Å². The molecule has 1 unspecified atom stereocenters. The van der Waals surface area contributed by atoms with Gasteiger partial charge >= 0.3 is 0 Å². The van der Waals surface area contributed by atoms with E-state index in [2.05, 4.69) is 45.1 Å². The number of carbonyl (C=O) groups is 1. The maximum Gasteiger partial charge on any atom is 0.254 e. The van der Waals surface area contributed by atoms with Gasteiger partial charge in [0, 0.05) is 49.7 Å². The molecule has 6 rings (SSSR count). The summed E-state index contributed by atoms with van der Waals surface area (Å²) >= 11 is 0. The van der Waals surface area contributed by atoms with Gasteiger partial charge in [-0.2, -0.15) is 0 Å². The highest BCUT2D eigenvalue weighted by Gasteiger charge is 2.42. The van der Waals surface area contributed by atoms with Crippen LogP contribution in [0.2, 0.25) is 0 Å². The van der Waals surface area contributed by atoms with E-state index in [4.69, 9.17) is 19.2 Å². The summed E-state index contributed by atoms with van der Waals surface area (Å²) < 4.78 is 32.7. The van der Waals surface area contributed by atoms with Crippen LogP contribution in [0.3, 0.4) is 0 Å². The van der Waals surface area contributed by atoms with Crippen molar-refractivity contribution in [1.82, 2.24) is 19.4 Å². The maximum atomic E-state index is 14.0. The molecule has 1 aromatic heterocycles. The fourth-order valence-corrected chi connectivity index (χ4v) is 7.26. The quantitative estimate of drug-likeness (QED) is 0.174. The molecule has 0 bridgehead atoms. The average Bonchev–Trinajstić information content (AvgIpc) is 3.71. The molecule has 0 aliphatic carbocycles. The Morgan fingerprint density at radius 1 is 1.00 bits per heavy atom. The molecule has 3 heterocycles. The lowest BCUT2D eigenvalue weighted by atomic mass is 9.76. The third-order valence-electron chi connectivity index (χ3n) is 10.0. The van der Waals surface area contributed by atoms with Crippen LogP contribution in [0.15, 0.2) is 72.8 Å². The number of likely N-dealkylation sites (tertiary alicyclic amines) is 2. The molecule has 1 N–H and O–H groups in total. The van der Waals surface area contributed by atoms with E-state index in [1.54, 1.807) is 33.5 Å². The van der Waals surface area contributed by atoms with Gasteiger partial charge in [0.15, 0.2) is 11.5 Å². The molecule has 9 nitrogen and oxygen atoms in total. The Morgan fingerprint density at radius 2 is 1.71 bits per heavy atom. The summed E-state index contributed by atoms with van der Waals surface area (Å²) in [6, 6.07) is 18.9. The van der Waals surface area contributed by atoms with E-state index in [-0.39, 0.29) is 17.1 Å². The van der Waals surface area contributed by atoms with Crippen LogP contribution in [0.1, 0.15) is 48.5 Å². The number of nitrogens with zero attached hydrogens (tertiary/aromatic N) is 4. The lowest BCUT2D eigenvalue weighted by Crippen LogP contribution is -2.42. The van der Waals surface area contributed by atoms with E-state index in [1.807, 2.05) is 30.0 Å². The first-order valence-corrected chi connectivity index (χ1v) is 16.8. The van der Waals surface area contributed by atoms with Crippen LogP contribution < -0.4 is 19.5 Å². The van der Waals surface area contributed by atoms with Gasteiger partial charge in [0.2, 0.25) is 11.7 Å². The zero-order chi connectivity index (χ0) is 33.7. The maximum absolute atomic E-state index is 14.0. The van der Waals surface area contributed by atoms with E-state index in [0.717, 1.165) is 74.4 Å². The van der Waals surface area contributed by atoms with Gasteiger partial charge in [-0.15, -0.1) is 0 Å². The number of imidazole rings is 1. The highest BCUT2D eigenvalue weighted by atomic mass is 19.1. The van der Waals surface area contributed by atoms with Gasteiger partial charge in [-0.3, -0.25) is 4.79 Å². The van der Waals surface area contributed by atoms with E-state index in [9.17, 15) is 9.18 Å². The third-order valence-corrected chi connectivity index (χ3v) is 10.0. The lowest BCUT2D eigenvalue weighted by Gasteiger charge is -2.36. The largest absolute Gasteiger partial charge is 0.493 e. The molecular formula is C38H46FN5O4. The van der Waals surface area contributed by atoms with Crippen molar-refractivity contribution in [3.63, 3.8) is 0 Å². The van der Waals surface area contributed by atoms with Crippen molar-refractivity contribution >= 4 is 22.9 Å². The monoisotopic (exact) mass is 655 g/mol. The number of piperidine rings is 1. The Labute approximate surface area is 282 Å². The smallest absolute Gasteiger partial charge is 0.254 e. The Hall–Kier alpha value is -4.57. The summed E-state index contributed by atoms with van der Waals surface area (Å²) in [6.07, 6.45) is 7.93. The van der Waals surface area contributed by atoms with Crippen LogP contribution in [0, 0.1) is 5.82 Å². The molecule has 0 spiro atoms. The lowest BCUT2D eigenvalue weighted by molar-refractivity contribution is 0.0779. The number of hydrogen-bond donors (Lipinski definition) is 1. The molecular weight excluding hydrogens is 609 g/mol. The number of anilines is 1. The van der Waals surface area contributed by atoms with E-state index >= 15 is 0 Å². The zero-order valence-electron chi connectivity index (χ0n) is 28.4. The number of amides is 1. The number of halogens is 1. The molecule has 10 heteroatoms. The van der Waals surface area contributed by atoms with Gasteiger partial charge in [0.05, 0.1) is 32.4 Å². The Bertz CT molecular complexity index is 1720. The van der Waals surface area contributed by atoms with Crippen molar-refractivity contribution in [3.8, 4) is 17.2 Å².